The standard InChI is InChI=1S/C44H73NO3SSi2/c1-15-34-29-49-40(45-34)44(25-26-44)39(46)23-18-30(2)36-21-22-37-32(17-16-24-43(36,37)10)19-20-33-27-35(47-50(11,12)41(4,5)6)28-38(31(33)3)48-51(13,14)42(7,8)9/h18-20,23,29-30,35-39,46H,3,15-17,21-22,24-28H2,1-2,4-14H3/b23-18+,32-19+,33-20-/t30-,35-,36-,37+,38+,39-,43-/m1/s1. The van der Waals surface area contributed by atoms with E-state index in [1.807, 2.05) is 0 Å². The van der Waals surface area contributed by atoms with Gasteiger partial charge in [-0.05, 0) is 128 Å². The molecule has 7 atom stereocenters. The fourth-order valence-electron chi connectivity index (χ4n) is 8.98. The normalized spacial score (nSPS) is 31.8. The molecule has 0 bridgehead atoms. The Morgan fingerprint density at radius 3 is 2.24 bits per heavy atom. The number of allylic oxidation sites excluding steroid dienone is 4. The molecule has 5 rings (SSSR count). The average molecular weight is 752 g/mol. The molecule has 1 heterocycles. The summed E-state index contributed by atoms with van der Waals surface area (Å²) in [6, 6.07) is 0. The molecular formula is C44H73NO3SSi2. The van der Waals surface area contributed by atoms with Crippen LogP contribution in [0.1, 0.15) is 131 Å². The van der Waals surface area contributed by atoms with Gasteiger partial charge in [0, 0.05) is 11.8 Å². The van der Waals surface area contributed by atoms with Crippen LogP contribution in [0.4, 0.5) is 0 Å². The molecule has 0 aromatic carbocycles. The van der Waals surface area contributed by atoms with Crippen LogP contribution in [-0.4, -0.2) is 45.0 Å². The summed E-state index contributed by atoms with van der Waals surface area (Å²) in [7, 11) is -3.95. The van der Waals surface area contributed by atoms with Gasteiger partial charge in [-0.2, -0.15) is 0 Å². The van der Waals surface area contributed by atoms with Gasteiger partial charge in [-0.3, -0.25) is 0 Å². The Morgan fingerprint density at radius 2 is 1.65 bits per heavy atom. The molecule has 1 aromatic rings. The molecule has 1 aromatic heterocycles. The maximum Gasteiger partial charge on any atom is 0.192 e. The molecule has 4 aliphatic rings. The summed E-state index contributed by atoms with van der Waals surface area (Å²) in [6.45, 7) is 35.4. The minimum absolute atomic E-state index is 0.00796. The highest BCUT2D eigenvalue weighted by Gasteiger charge is 2.53. The van der Waals surface area contributed by atoms with Crippen LogP contribution in [0.25, 0.3) is 0 Å². The van der Waals surface area contributed by atoms with Crippen molar-refractivity contribution in [3.8, 4) is 0 Å². The van der Waals surface area contributed by atoms with Gasteiger partial charge in [0.1, 0.15) is 5.01 Å². The Balaban J connectivity index is 1.34. The van der Waals surface area contributed by atoms with Gasteiger partial charge >= 0.3 is 0 Å². The van der Waals surface area contributed by atoms with Crippen molar-refractivity contribution in [1.82, 2.24) is 4.98 Å². The third-order valence-electron chi connectivity index (χ3n) is 14.7. The zero-order chi connectivity index (χ0) is 37.8. The smallest absolute Gasteiger partial charge is 0.192 e. The van der Waals surface area contributed by atoms with Gasteiger partial charge in [-0.1, -0.05) is 98.8 Å². The van der Waals surface area contributed by atoms with Crippen LogP contribution in [-0.2, 0) is 20.7 Å². The van der Waals surface area contributed by atoms with Crippen LogP contribution in [0.5, 0.6) is 0 Å². The van der Waals surface area contributed by atoms with E-state index in [-0.39, 0.29) is 33.1 Å². The number of aliphatic hydroxyl groups is 1. The van der Waals surface area contributed by atoms with Crippen LogP contribution in [0.15, 0.2) is 53.0 Å². The fourth-order valence-corrected chi connectivity index (χ4v) is 12.8. The quantitative estimate of drug-likeness (QED) is 0.181. The first-order valence-corrected chi connectivity index (χ1v) is 27.0. The molecule has 0 radical (unpaired) electrons. The first kappa shape index (κ1) is 41.1. The molecule has 51 heavy (non-hydrogen) atoms. The molecule has 0 spiro atoms. The van der Waals surface area contributed by atoms with Crippen LogP contribution < -0.4 is 0 Å². The Kier molecular flexibility index (Phi) is 12.0. The Labute approximate surface area is 319 Å². The molecule has 0 unspecified atom stereocenters. The second-order valence-electron chi connectivity index (χ2n) is 20.2. The Hall–Kier alpha value is -1.10. The summed E-state index contributed by atoms with van der Waals surface area (Å²) >= 11 is 1.74. The zero-order valence-corrected chi connectivity index (χ0v) is 37.6. The summed E-state index contributed by atoms with van der Waals surface area (Å²) in [4.78, 5) is 4.87. The van der Waals surface area contributed by atoms with Gasteiger partial charge in [0.25, 0.3) is 0 Å². The number of nitrogens with zero attached hydrogens (tertiary/aromatic N) is 1. The summed E-state index contributed by atoms with van der Waals surface area (Å²) in [5, 5.41) is 15.0. The zero-order valence-electron chi connectivity index (χ0n) is 34.7. The largest absolute Gasteiger partial charge is 0.413 e. The summed E-state index contributed by atoms with van der Waals surface area (Å²) in [5.41, 5.74) is 5.41. The van der Waals surface area contributed by atoms with Crippen molar-refractivity contribution < 1.29 is 14.0 Å². The number of aliphatic hydroxyl groups excluding tert-OH is 1. The average Bonchev–Trinajstić information content (AvgIpc) is 3.54. The first-order valence-electron chi connectivity index (χ1n) is 20.3. The number of aromatic nitrogens is 1. The molecule has 1 N–H and O–H groups in total. The molecule has 286 valence electrons. The van der Waals surface area contributed by atoms with E-state index in [9.17, 15) is 5.11 Å². The molecule has 4 aliphatic carbocycles. The van der Waals surface area contributed by atoms with Gasteiger partial charge in [-0.25, -0.2) is 4.98 Å². The molecule has 0 saturated heterocycles. The predicted molar refractivity (Wildman–Crippen MR) is 224 cm³/mol. The molecule has 4 saturated carbocycles. The topological polar surface area (TPSA) is 51.6 Å². The van der Waals surface area contributed by atoms with E-state index in [1.54, 1.807) is 16.9 Å². The highest BCUT2D eigenvalue weighted by atomic mass is 32.1. The van der Waals surface area contributed by atoms with Gasteiger partial charge < -0.3 is 14.0 Å². The fraction of sp³-hybridized carbons (Fsp3) is 0.750. The highest BCUT2D eigenvalue weighted by molar-refractivity contribution is 7.09. The van der Waals surface area contributed by atoms with E-state index in [0.29, 0.717) is 17.8 Å². The van der Waals surface area contributed by atoms with E-state index in [4.69, 9.17) is 20.4 Å². The summed E-state index contributed by atoms with van der Waals surface area (Å²) in [5.74, 6) is 1.67. The second kappa shape index (κ2) is 14.9. The van der Waals surface area contributed by atoms with Crippen molar-refractivity contribution in [1.29, 1.82) is 0 Å². The summed E-state index contributed by atoms with van der Waals surface area (Å²) in [6.07, 6.45) is 20.2. The number of fused-ring (bicyclic) bond motifs is 1. The molecule has 0 amide bonds. The van der Waals surface area contributed by atoms with E-state index in [1.165, 1.54) is 43.3 Å². The van der Waals surface area contributed by atoms with Crippen molar-refractivity contribution in [2.45, 2.75) is 187 Å². The van der Waals surface area contributed by atoms with Gasteiger partial charge in [0.05, 0.1) is 29.4 Å². The van der Waals surface area contributed by atoms with E-state index in [0.717, 1.165) is 42.8 Å². The van der Waals surface area contributed by atoms with Crippen molar-refractivity contribution >= 4 is 28.0 Å². The number of hydrogen-bond acceptors (Lipinski definition) is 5. The lowest BCUT2D eigenvalue weighted by Gasteiger charge is -2.45. The first-order chi connectivity index (χ1) is 23.5. The third-order valence-corrected chi connectivity index (χ3v) is 24.8. The van der Waals surface area contributed by atoms with Gasteiger partial charge in [0.15, 0.2) is 16.6 Å². The Bertz CT molecular complexity index is 1500. The Morgan fingerprint density at radius 1 is 1.00 bits per heavy atom. The van der Waals surface area contributed by atoms with Crippen LogP contribution in [0, 0.1) is 23.2 Å². The van der Waals surface area contributed by atoms with E-state index < -0.39 is 22.7 Å². The molecule has 7 heteroatoms. The number of hydrogen-bond donors (Lipinski definition) is 1. The van der Waals surface area contributed by atoms with Crippen molar-refractivity contribution in [2.24, 2.45) is 23.2 Å². The number of aryl methyl sites for hydroxylation is 1. The van der Waals surface area contributed by atoms with Crippen LogP contribution in [0.2, 0.25) is 36.3 Å². The lowest BCUT2D eigenvalue weighted by atomic mass is 9.61. The number of rotatable bonds is 11. The van der Waals surface area contributed by atoms with Crippen LogP contribution >= 0.6 is 11.3 Å². The van der Waals surface area contributed by atoms with Crippen molar-refractivity contribution in [3.63, 3.8) is 0 Å². The molecule has 4 fully saturated rings. The second-order valence-corrected chi connectivity index (χ2v) is 30.6. The lowest BCUT2D eigenvalue weighted by molar-refractivity contribution is 0.0969. The van der Waals surface area contributed by atoms with Crippen molar-refractivity contribution in [3.05, 3.63) is 63.7 Å². The summed E-state index contributed by atoms with van der Waals surface area (Å²) < 4.78 is 14.2. The molecule has 4 nitrogen and oxygen atoms in total. The minimum atomic E-state index is -2.00. The SMILES string of the molecule is C=C1/C(=C\C=C2/CCC[C@]3(C)[C@@H]([C@H](C)/C=C/[C@@H](O)C4(c5nc(CC)cs5)CC4)CC[C@@H]23)C[C@@H](O[Si](C)(C)C(C)(C)C)C[C@@H]1O[Si](C)(C)C(C)(C)C. The molecule has 0 aliphatic heterocycles. The maximum atomic E-state index is 11.4. The number of thiazole rings is 1. The van der Waals surface area contributed by atoms with Crippen LogP contribution in [0.3, 0.4) is 0 Å². The van der Waals surface area contributed by atoms with E-state index in [2.05, 4.69) is 118 Å². The van der Waals surface area contributed by atoms with E-state index >= 15 is 0 Å². The predicted octanol–water partition coefficient (Wildman–Crippen LogP) is 12.5. The monoisotopic (exact) mass is 751 g/mol. The minimum Gasteiger partial charge on any atom is -0.413 e. The van der Waals surface area contributed by atoms with Gasteiger partial charge in [0.2, 0.25) is 0 Å². The third kappa shape index (κ3) is 8.44. The maximum absolute atomic E-state index is 11.4. The highest BCUT2D eigenvalue weighted by Crippen LogP contribution is 2.60. The van der Waals surface area contributed by atoms with Gasteiger partial charge in [-0.15, -0.1) is 11.3 Å². The molecular weight excluding hydrogens is 679 g/mol. The lowest BCUT2D eigenvalue weighted by Crippen LogP contribution is -2.49. The van der Waals surface area contributed by atoms with Crippen molar-refractivity contribution in [2.75, 3.05) is 0 Å².